The lowest BCUT2D eigenvalue weighted by Crippen LogP contribution is -2.42. The van der Waals surface area contributed by atoms with E-state index in [1.165, 1.54) is 0 Å². The number of likely N-dealkylation sites (tertiary alicyclic amines) is 1. The van der Waals surface area contributed by atoms with Crippen LogP contribution in [-0.4, -0.2) is 41.3 Å². The molecule has 1 aromatic rings. The molecule has 0 bridgehead atoms. The molecule has 1 heterocycles. The fraction of sp³-hybridized carbons (Fsp3) is 0.400. The second-order valence-electron chi connectivity index (χ2n) is 5.05. The van der Waals surface area contributed by atoms with E-state index in [-0.39, 0.29) is 23.3 Å². The van der Waals surface area contributed by atoms with Crippen LogP contribution in [0, 0.1) is 0 Å². The molecule has 5 nitrogen and oxygen atoms in total. The van der Waals surface area contributed by atoms with Gasteiger partial charge >= 0.3 is 0 Å². The summed E-state index contributed by atoms with van der Waals surface area (Å²) in [6.45, 7) is 1.53. The van der Waals surface area contributed by atoms with Crippen molar-refractivity contribution in [2.45, 2.75) is 18.8 Å². The Morgan fingerprint density at radius 3 is 2.43 bits per heavy atom. The Bertz CT molecular complexity index is 527. The Balaban J connectivity index is 1.96. The van der Waals surface area contributed by atoms with Crippen molar-refractivity contribution >= 4 is 29.0 Å². The molecule has 1 atom stereocenters. The third-order valence-corrected chi connectivity index (χ3v) is 3.79. The summed E-state index contributed by atoms with van der Waals surface area (Å²) in [7, 11) is 0. The molecule has 112 valence electrons. The van der Waals surface area contributed by atoms with Crippen LogP contribution < -0.4 is 11.1 Å². The first-order valence-electron chi connectivity index (χ1n) is 6.99. The van der Waals surface area contributed by atoms with E-state index in [1.807, 2.05) is 18.2 Å². The number of thiocarbonyl (C=S) groups is 1. The smallest absolute Gasteiger partial charge is 0.241 e. The van der Waals surface area contributed by atoms with Crippen molar-refractivity contribution in [3.05, 3.63) is 35.9 Å². The van der Waals surface area contributed by atoms with E-state index < -0.39 is 5.92 Å². The highest BCUT2D eigenvalue weighted by Crippen LogP contribution is 2.16. The van der Waals surface area contributed by atoms with Crippen LogP contribution in [-0.2, 0) is 9.59 Å². The van der Waals surface area contributed by atoms with Gasteiger partial charge in [0.25, 0.3) is 0 Å². The number of nitrogens with two attached hydrogens (primary N) is 1. The monoisotopic (exact) mass is 305 g/mol. The summed E-state index contributed by atoms with van der Waals surface area (Å²) in [4.78, 5) is 26.0. The van der Waals surface area contributed by atoms with Crippen LogP contribution in [0.3, 0.4) is 0 Å². The largest absolute Gasteiger partial charge is 0.392 e. The molecule has 0 radical (unpaired) electrons. The Morgan fingerprint density at radius 2 is 1.86 bits per heavy atom. The van der Waals surface area contributed by atoms with E-state index in [2.05, 4.69) is 5.32 Å². The normalized spacial score (nSPS) is 15.5. The molecular formula is C15H19N3O2S. The molecule has 1 aliphatic rings. The van der Waals surface area contributed by atoms with E-state index in [9.17, 15) is 9.59 Å². The van der Waals surface area contributed by atoms with Crippen LogP contribution in [0.4, 0.5) is 0 Å². The Morgan fingerprint density at radius 1 is 1.24 bits per heavy atom. The SMILES string of the molecule is NC(=S)C(C(=O)NCC(=O)N1CCCC1)c1ccccc1. The van der Waals surface area contributed by atoms with Gasteiger partial charge in [0.15, 0.2) is 0 Å². The number of rotatable bonds is 5. The average Bonchev–Trinajstić information content (AvgIpc) is 3.00. The summed E-state index contributed by atoms with van der Waals surface area (Å²) in [6, 6.07) is 9.10. The van der Waals surface area contributed by atoms with Crippen LogP contribution in [0.25, 0.3) is 0 Å². The summed E-state index contributed by atoms with van der Waals surface area (Å²) >= 11 is 4.98. The van der Waals surface area contributed by atoms with E-state index in [4.69, 9.17) is 18.0 Å². The maximum atomic E-state index is 12.3. The minimum atomic E-state index is -0.701. The third-order valence-electron chi connectivity index (χ3n) is 3.55. The van der Waals surface area contributed by atoms with Crippen molar-refractivity contribution in [1.29, 1.82) is 0 Å². The molecule has 0 aliphatic carbocycles. The van der Waals surface area contributed by atoms with E-state index in [1.54, 1.807) is 17.0 Å². The highest BCUT2D eigenvalue weighted by Gasteiger charge is 2.25. The van der Waals surface area contributed by atoms with Gasteiger partial charge in [-0.2, -0.15) is 0 Å². The lowest BCUT2D eigenvalue weighted by molar-refractivity contribution is -0.132. The molecule has 0 spiro atoms. The summed E-state index contributed by atoms with van der Waals surface area (Å²) in [6.07, 6.45) is 2.05. The zero-order valence-corrected chi connectivity index (χ0v) is 12.6. The molecule has 2 rings (SSSR count). The van der Waals surface area contributed by atoms with Crippen molar-refractivity contribution in [3.8, 4) is 0 Å². The molecule has 1 saturated heterocycles. The van der Waals surface area contributed by atoms with Gasteiger partial charge in [-0.05, 0) is 18.4 Å². The quantitative estimate of drug-likeness (QED) is 0.789. The number of amides is 2. The molecule has 21 heavy (non-hydrogen) atoms. The zero-order valence-electron chi connectivity index (χ0n) is 11.7. The number of benzene rings is 1. The van der Waals surface area contributed by atoms with Gasteiger partial charge < -0.3 is 16.0 Å². The molecule has 1 aromatic carbocycles. The van der Waals surface area contributed by atoms with Crippen LogP contribution in [0.2, 0.25) is 0 Å². The first-order valence-corrected chi connectivity index (χ1v) is 7.40. The number of hydrogen-bond donors (Lipinski definition) is 2. The minimum Gasteiger partial charge on any atom is -0.392 e. The van der Waals surface area contributed by atoms with E-state index in [0.29, 0.717) is 0 Å². The highest BCUT2D eigenvalue weighted by molar-refractivity contribution is 7.80. The second kappa shape index (κ2) is 7.17. The molecule has 1 fully saturated rings. The van der Waals surface area contributed by atoms with Crippen molar-refractivity contribution in [2.75, 3.05) is 19.6 Å². The minimum absolute atomic E-state index is 0.00915. The van der Waals surface area contributed by atoms with Crippen LogP contribution in [0.1, 0.15) is 24.3 Å². The number of carbonyl (C=O) groups is 2. The van der Waals surface area contributed by atoms with Gasteiger partial charge in [0.2, 0.25) is 11.8 Å². The van der Waals surface area contributed by atoms with Crippen molar-refractivity contribution in [2.24, 2.45) is 5.73 Å². The van der Waals surface area contributed by atoms with Crippen molar-refractivity contribution in [1.82, 2.24) is 10.2 Å². The molecular weight excluding hydrogens is 286 g/mol. The fourth-order valence-corrected chi connectivity index (χ4v) is 2.68. The Hall–Kier alpha value is -1.95. The maximum absolute atomic E-state index is 12.3. The van der Waals surface area contributed by atoms with Crippen LogP contribution in [0.5, 0.6) is 0 Å². The third kappa shape index (κ3) is 4.01. The average molecular weight is 305 g/mol. The van der Waals surface area contributed by atoms with Gasteiger partial charge in [-0.15, -0.1) is 0 Å². The van der Waals surface area contributed by atoms with Crippen molar-refractivity contribution in [3.63, 3.8) is 0 Å². The molecule has 0 saturated carbocycles. The molecule has 1 aliphatic heterocycles. The number of nitrogens with zero attached hydrogens (tertiary/aromatic N) is 1. The molecule has 0 aromatic heterocycles. The van der Waals surface area contributed by atoms with Gasteiger partial charge in [-0.3, -0.25) is 9.59 Å². The first-order chi connectivity index (χ1) is 10.1. The van der Waals surface area contributed by atoms with Gasteiger partial charge in [0.05, 0.1) is 11.5 Å². The highest BCUT2D eigenvalue weighted by atomic mass is 32.1. The van der Waals surface area contributed by atoms with Gasteiger partial charge in [0, 0.05) is 13.1 Å². The predicted molar refractivity (Wildman–Crippen MR) is 84.8 cm³/mol. The topological polar surface area (TPSA) is 75.4 Å². The van der Waals surface area contributed by atoms with Crippen molar-refractivity contribution < 1.29 is 9.59 Å². The Labute approximate surface area is 129 Å². The van der Waals surface area contributed by atoms with Crippen LogP contribution >= 0.6 is 12.2 Å². The maximum Gasteiger partial charge on any atom is 0.241 e. The summed E-state index contributed by atoms with van der Waals surface area (Å²) in [5.41, 5.74) is 6.41. The standard InChI is InChI=1S/C15H19N3O2S/c16-14(21)13(11-6-2-1-3-7-11)15(20)17-10-12(19)18-8-4-5-9-18/h1-3,6-7,13H,4-5,8-10H2,(H2,16,21)(H,17,20). The van der Waals surface area contributed by atoms with Gasteiger partial charge in [-0.25, -0.2) is 0 Å². The molecule has 1 unspecified atom stereocenters. The lowest BCUT2D eigenvalue weighted by atomic mass is 9.98. The summed E-state index contributed by atoms with van der Waals surface area (Å²) in [5, 5.41) is 2.64. The van der Waals surface area contributed by atoms with E-state index >= 15 is 0 Å². The number of hydrogen-bond acceptors (Lipinski definition) is 3. The predicted octanol–water partition coefficient (Wildman–Crippen LogP) is 0.795. The molecule has 6 heteroatoms. The van der Waals surface area contributed by atoms with Crippen LogP contribution in [0.15, 0.2) is 30.3 Å². The summed E-state index contributed by atoms with van der Waals surface area (Å²) < 4.78 is 0. The number of nitrogens with one attached hydrogen (secondary N) is 1. The zero-order chi connectivity index (χ0) is 15.2. The molecule has 3 N–H and O–H groups in total. The summed E-state index contributed by atoms with van der Waals surface area (Å²) in [5.74, 6) is -1.09. The fourth-order valence-electron chi connectivity index (χ4n) is 2.43. The van der Waals surface area contributed by atoms with Gasteiger partial charge in [-0.1, -0.05) is 42.5 Å². The lowest BCUT2D eigenvalue weighted by Gasteiger charge is -2.18. The Kier molecular flexibility index (Phi) is 5.27. The number of carbonyl (C=O) groups excluding carboxylic acids is 2. The second-order valence-corrected chi connectivity index (χ2v) is 5.52. The van der Waals surface area contributed by atoms with E-state index in [0.717, 1.165) is 31.5 Å². The van der Waals surface area contributed by atoms with Gasteiger partial charge in [0.1, 0.15) is 5.92 Å². The molecule has 2 amide bonds. The first kappa shape index (κ1) is 15.4.